The number of ether oxygens (including phenoxy) is 2. The van der Waals surface area contributed by atoms with Crippen molar-refractivity contribution < 1.29 is 17.9 Å². The highest BCUT2D eigenvalue weighted by molar-refractivity contribution is 7.89. The molecule has 1 saturated heterocycles. The lowest BCUT2D eigenvalue weighted by Gasteiger charge is -2.26. The van der Waals surface area contributed by atoms with Gasteiger partial charge in [0.15, 0.2) is 0 Å². The Morgan fingerprint density at radius 3 is 2.37 bits per heavy atom. The molecule has 3 aromatic carbocycles. The lowest BCUT2D eigenvalue weighted by molar-refractivity contribution is 0.0384. The van der Waals surface area contributed by atoms with Crippen LogP contribution in [0.5, 0.6) is 5.75 Å². The van der Waals surface area contributed by atoms with Crippen LogP contribution in [-0.2, 0) is 27.7 Å². The van der Waals surface area contributed by atoms with Crippen molar-refractivity contribution in [1.29, 1.82) is 0 Å². The number of rotatable bonds is 13. The summed E-state index contributed by atoms with van der Waals surface area (Å²) in [7, 11) is -2.03. The van der Waals surface area contributed by atoms with Crippen molar-refractivity contribution in [3.63, 3.8) is 0 Å². The number of nitrogens with one attached hydrogen (secondary N) is 3. The molecule has 1 fully saturated rings. The molecule has 3 N–H and O–H groups in total. The van der Waals surface area contributed by atoms with E-state index in [-0.39, 0.29) is 11.4 Å². The van der Waals surface area contributed by atoms with Gasteiger partial charge in [-0.1, -0.05) is 42.5 Å². The fourth-order valence-electron chi connectivity index (χ4n) is 4.79. The maximum absolute atomic E-state index is 13.0. The van der Waals surface area contributed by atoms with Crippen molar-refractivity contribution in [3.8, 4) is 28.4 Å². The zero-order valence-electron chi connectivity index (χ0n) is 23.3. The first-order valence-corrected chi connectivity index (χ1v) is 15.4. The van der Waals surface area contributed by atoms with Gasteiger partial charge in [-0.15, -0.1) is 0 Å². The predicted octanol–water partition coefficient (Wildman–Crippen LogP) is 3.70. The van der Waals surface area contributed by atoms with E-state index in [0.717, 1.165) is 79.0 Å². The Morgan fingerprint density at radius 2 is 1.66 bits per heavy atom. The second-order valence-electron chi connectivity index (χ2n) is 9.93. The number of morpholine rings is 1. The molecule has 0 atom stereocenters. The maximum atomic E-state index is 13.0. The van der Waals surface area contributed by atoms with Crippen LogP contribution in [-0.4, -0.2) is 76.3 Å². The predicted molar refractivity (Wildman–Crippen MR) is 160 cm³/mol. The van der Waals surface area contributed by atoms with E-state index in [9.17, 15) is 8.42 Å². The lowest BCUT2D eigenvalue weighted by Crippen LogP contribution is -2.40. The molecule has 0 radical (unpaired) electrons. The van der Waals surface area contributed by atoms with Gasteiger partial charge in [0.2, 0.25) is 10.0 Å². The number of nitrogens with zero attached hydrogens (tertiary/aromatic N) is 2. The van der Waals surface area contributed by atoms with Crippen molar-refractivity contribution in [1.82, 2.24) is 24.9 Å². The minimum atomic E-state index is -3.66. The second-order valence-corrected chi connectivity index (χ2v) is 11.7. The van der Waals surface area contributed by atoms with Crippen LogP contribution in [0.1, 0.15) is 11.3 Å². The number of H-pyrrole nitrogens is 1. The number of aromatic amines is 1. The first-order valence-electron chi connectivity index (χ1n) is 13.9. The van der Waals surface area contributed by atoms with Crippen LogP contribution in [0, 0.1) is 0 Å². The highest BCUT2D eigenvalue weighted by atomic mass is 32.2. The molecular formula is C31H37N5O4S. The van der Waals surface area contributed by atoms with Crippen molar-refractivity contribution in [3.05, 3.63) is 90.1 Å². The number of hydrogen-bond acceptors (Lipinski definition) is 7. The summed E-state index contributed by atoms with van der Waals surface area (Å²) in [6.07, 6.45) is 0.450. The largest absolute Gasteiger partial charge is 0.497 e. The average Bonchev–Trinajstić information content (AvgIpc) is 3.44. The SMILES string of the molecule is COc1ccc(-c2nc(-c3ccccc3)[nH]c2CCNS(=O)(=O)c2ccc(CNCCN3CCOCC3)cc2)cc1. The van der Waals surface area contributed by atoms with Gasteiger partial charge in [0.25, 0.3) is 0 Å². The summed E-state index contributed by atoms with van der Waals surface area (Å²) in [6, 6.07) is 24.6. The first-order chi connectivity index (χ1) is 20.0. The van der Waals surface area contributed by atoms with Crippen LogP contribution >= 0.6 is 0 Å². The summed E-state index contributed by atoms with van der Waals surface area (Å²) in [6.45, 7) is 6.30. The zero-order valence-corrected chi connectivity index (χ0v) is 24.1. The van der Waals surface area contributed by atoms with Gasteiger partial charge < -0.3 is 19.8 Å². The Balaban J connectivity index is 1.19. The molecule has 1 aliphatic heterocycles. The van der Waals surface area contributed by atoms with Crippen LogP contribution < -0.4 is 14.8 Å². The summed E-state index contributed by atoms with van der Waals surface area (Å²) < 4.78 is 39.5. The number of hydrogen-bond donors (Lipinski definition) is 3. The normalized spacial score (nSPS) is 14.3. The van der Waals surface area contributed by atoms with Crippen molar-refractivity contribution in [2.45, 2.75) is 17.9 Å². The molecule has 0 saturated carbocycles. The van der Waals surface area contributed by atoms with Crippen molar-refractivity contribution >= 4 is 10.0 Å². The number of aromatic nitrogens is 2. The highest BCUT2D eigenvalue weighted by Crippen LogP contribution is 2.28. The lowest BCUT2D eigenvalue weighted by atomic mass is 10.1. The van der Waals surface area contributed by atoms with Gasteiger partial charge in [-0.3, -0.25) is 4.90 Å². The molecule has 9 nitrogen and oxygen atoms in total. The Morgan fingerprint density at radius 1 is 0.927 bits per heavy atom. The maximum Gasteiger partial charge on any atom is 0.240 e. The summed E-state index contributed by atoms with van der Waals surface area (Å²) in [5.41, 5.74) is 4.58. The molecule has 41 heavy (non-hydrogen) atoms. The molecule has 0 unspecified atom stereocenters. The van der Waals surface area contributed by atoms with Gasteiger partial charge in [-0.2, -0.15) is 0 Å². The van der Waals surface area contributed by atoms with Crippen LogP contribution in [0.4, 0.5) is 0 Å². The molecule has 216 valence electrons. The molecule has 0 aliphatic carbocycles. The van der Waals surface area contributed by atoms with Crippen LogP contribution in [0.3, 0.4) is 0 Å². The quantitative estimate of drug-likeness (QED) is 0.209. The minimum absolute atomic E-state index is 0.229. The van der Waals surface area contributed by atoms with E-state index in [1.54, 1.807) is 19.2 Å². The molecule has 5 rings (SSSR count). The Labute approximate surface area is 242 Å². The fourth-order valence-corrected chi connectivity index (χ4v) is 5.82. The zero-order chi connectivity index (χ0) is 28.5. The molecule has 0 spiro atoms. The monoisotopic (exact) mass is 575 g/mol. The Bertz CT molecular complexity index is 1480. The fraction of sp³-hybridized carbons (Fsp3) is 0.323. The third-order valence-corrected chi connectivity index (χ3v) is 8.60. The summed E-state index contributed by atoms with van der Waals surface area (Å²) in [5.74, 6) is 1.50. The van der Waals surface area contributed by atoms with Gasteiger partial charge in [-0.25, -0.2) is 18.1 Å². The molecular weight excluding hydrogens is 538 g/mol. The standard InChI is InChI=1S/C31H37N5O4S/c1-39-27-11-9-25(10-12-27)30-29(34-31(35-30)26-5-3-2-4-6-26)15-16-33-41(37,38)28-13-7-24(8-14-28)23-32-17-18-36-19-21-40-22-20-36/h2-14,32-33H,15-23H2,1H3,(H,34,35). The third kappa shape index (κ3) is 7.81. The molecule has 4 aromatic rings. The molecule has 1 aliphatic rings. The van der Waals surface area contributed by atoms with Crippen molar-refractivity contribution in [2.75, 3.05) is 53.0 Å². The topological polar surface area (TPSA) is 109 Å². The Hall–Kier alpha value is -3.54. The molecule has 1 aromatic heterocycles. The first kappa shape index (κ1) is 29.0. The molecule has 10 heteroatoms. The number of methoxy groups -OCH3 is 1. The van der Waals surface area contributed by atoms with E-state index >= 15 is 0 Å². The van der Waals surface area contributed by atoms with E-state index in [2.05, 4.69) is 19.9 Å². The van der Waals surface area contributed by atoms with E-state index in [0.29, 0.717) is 13.0 Å². The second kappa shape index (κ2) is 13.9. The molecule has 2 heterocycles. The molecule has 0 bridgehead atoms. The van der Waals surface area contributed by atoms with E-state index in [4.69, 9.17) is 14.5 Å². The molecule has 0 amide bonds. The third-order valence-electron chi connectivity index (χ3n) is 7.13. The summed E-state index contributed by atoms with van der Waals surface area (Å²) in [4.78, 5) is 10.9. The Kier molecular flexibility index (Phi) is 9.81. The number of sulfonamides is 1. The number of benzene rings is 3. The van der Waals surface area contributed by atoms with Gasteiger partial charge in [0.1, 0.15) is 11.6 Å². The summed E-state index contributed by atoms with van der Waals surface area (Å²) >= 11 is 0. The highest BCUT2D eigenvalue weighted by Gasteiger charge is 2.17. The number of imidazole rings is 1. The van der Waals surface area contributed by atoms with E-state index in [1.807, 2.05) is 66.7 Å². The van der Waals surface area contributed by atoms with E-state index in [1.165, 1.54) is 0 Å². The van der Waals surface area contributed by atoms with E-state index < -0.39 is 10.0 Å². The van der Waals surface area contributed by atoms with Gasteiger partial charge in [0.05, 0.1) is 30.9 Å². The summed E-state index contributed by atoms with van der Waals surface area (Å²) in [5, 5.41) is 3.43. The van der Waals surface area contributed by atoms with Crippen LogP contribution in [0.15, 0.2) is 83.8 Å². The smallest absolute Gasteiger partial charge is 0.240 e. The van der Waals surface area contributed by atoms with Crippen LogP contribution in [0.2, 0.25) is 0 Å². The van der Waals surface area contributed by atoms with Crippen LogP contribution in [0.25, 0.3) is 22.6 Å². The minimum Gasteiger partial charge on any atom is -0.497 e. The van der Waals surface area contributed by atoms with Gasteiger partial charge in [-0.05, 0) is 42.0 Å². The van der Waals surface area contributed by atoms with Gasteiger partial charge in [0, 0.05) is 62.5 Å². The average molecular weight is 576 g/mol. The van der Waals surface area contributed by atoms with Gasteiger partial charge >= 0.3 is 0 Å². The van der Waals surface area contributed by atoms with Crippen molar-refractivity contribution in [2.24, 2.45) is 0 Å².